The zero-order chi connectivity index (χ0) is 8.27. The van der Waals surface area contributed by atoms with Crippen LogP contribution in [0.15, 0.2) is 18.2 Å². The number of hydrogen-bond donors (Lipinski definition) is 1. The lowest BCUT2D eigenvalue weighted by molar-refractivity contribution is 0.628. The van der Waals surface area contributed by atoms with Gasteiger partial charge in [0.1, 0.15) is 5.82 Å². The minimum Gasteiger partial charge on any atom is -0.388 e. The number of hydrogen-bond acceptors (Lipinski definition) is 1. The molecule has 0 aliphatic carbocycles. The van der Waals surface area contributed by atoms with Crippen LogP contribution in [0.2, 0.25) is 0 Å². The topological polar surface area (TPSA) is 12.0 Å². The molecule has 1 aromatic rings. The van der Waals surface area contributed by atoms with E-state index in [4.69, 9.17) is 0 Å². The Kier molecular flexibility index (Phi) is 2.88. The largest absolute Gasteiger partial charge is 0.388 e. The van der Waals surface area contributed by atoms with Crippen molar-refractivity contribution >= 4 is 21.6 Å². The van der Waals surface area contributed by atoms with Crippen LogP contribution in [0, 0.1) is 5.82 Å². The molecule has 11 heavy (non-hydrogen) atoms. The van der Waals surface area contributed by atoms with Crippen molar-refractivity contribution in [1.29, 1.82) is 0 Å². The van der Waals surface area contributed by atoms with Crippen LogP contribution >= 0.6 is 15.9 Å². The molecule has 0 fully saturated rings. The number of anilines is 1. The molecule has 0 bridgehead atoms. The van der Waals surface area contributed by atoms with E-state index in [2.05, 4.69) is 21.2 Å². The summed E-state index contributed by atoms with van der Waals surface area (Å²) >= 11 is 3.31. The number of rotatable bonds is 2. The average molecular weight is 218 g/mol. The molecule has 0 radical (unpaired) electrons. The summed E-state index contributed by atoms with van der Waals surface area (Å²) in [5, 5.41) is 3.66. The first-order valence-electron chi connectivity index (χ1n) is 3.30. The fourth-order valence-electron chi connectivity index (χ4n) is 0.898. The maximum Gasteiger partial charge on any atom is 0.125 e. The van der Waals surface area contributed by atoms with Crippen LogP contribution in [0.3, 0.4) is 0 Å². The Hall–Kier alpha value is -0.570. The Morgan fingerprint density at radius 1 is 1.55 bits per heavy atom. The molecule has 0 saturated carbocycles. The fraction of sp³-hybridized carbons (Fsp3) is 0.250. The summed E-state index contributed by atoms with van der Waals surface area (Å²) in [6.07, 6.45) is 0. The Balaban J connectivity index is 3.06. The lowest BCUT2D eigenvalue weighted by Crippen LogP contribution is -1.93. The SMILES string of the molecule is CNc1cc(F)ccc1CBr. The van der Waals surface area contributed by atoms with Crippen molar-refractivity contribution in [2.24, 2.45) is 0 Å². The Morgan fingerprint density at radius 2 is 2.27 bits per heavy atom. The predicted molar refractivity (Wildman–Crippen MR) is 48.6 cm³/mol. The fourth-order valence-corrected chi connectivity index (χ4v) is 1.39. The van der Waals surface area contributed by atoms with E-state index in [1.807, 2.05) is 0 Å². The molecule has 1 aromatic carbocycles. The van der Waals surface area contributed by atoms with Gasteiger partial charge in [0, 0.05) is 18.1 Å². The molecule has 0 atom stereocenters. The van der Waals surface area contributed by atoms with E-state index in [0.29, 0.717) is 0 Å². The van der Waals surface area contributed by atoms with Gasteiger partial charge in [-0.2, -0.15) is 0 Å². The number of benzene rings is 1. The second-order valence-electron chi connectivity index (χ2n) is 2.19. The van der Waals surface area contributed by atoms with Gasteiger partial charge in [-0.1, -0.05) is 22.0 Å². The quantitative estimate of drug-likeness (QED) is 0.752. The van der Waals surface area contributed by atoms with Crippen LogP contribution in [-0.2, 0) is 5.33 Å². The molecule has 0 aliphatic rings. The first-order chi connectivity index (χ1) is 5.27. The summed E-state index contributed by atoms with van der Waals surface area (Å²) in [6.45, 7) is 0. The maximum absolute atomic E-state index is 12.6. The second kappa shape index (κ2) is 3.72. The van der Waals surface area contributed by atoms with Crippen LogP contribution < -0.4 is 5.32 Å². The monoisotopic (exact) mass is 217 g/mol. The highest BCUT2D eigenvalue weighted by molar-refractivity contribution is 9.08. The third-order valence-electron chi connectivity index (χ3n) is 1.49. The summed E-state index contributed by atoms with van der Waals surface area (Å²) < 4.78 is 12.6. The molecular formula is C8H9BrFN. The van der Waals surface area contributed by atoms with Crippen LogP contribution in [0.5, 0.6) is 0 Å². The molecule has 3 heteroatoms. The van der Waals surface area contributed by atoms with E-state index in [0.717, 1.165) is 16.6 Å². The van der Waals surface area contributed by atoms with Crippen LogP contribution in [0.1, 0.15) is 5.56 Å². The zero-order valence-corrected chi connectivity index (χ0v) is 7.78. The van der Waals surface area contributed by atoms with Gasteiger partial charge in [0.05, 0.1) is 0 Å². The van der Waals surface area contributed by atoms with E-state index >= 15 is 0 Å². The second-order valence-corrected chi connectivity index (χ2v) is 2.75. The Morgan fingerprint density at radius 3 is 2.82 bits per heavy atom. The van der Waals surface area contributed by atoms with Crippen molar-refractivity contribution in [1.82, 2.24) is 0 Å². The van der Waals surface area contributed by atoms with Crippen LogP contribution in [0.4, 0.5) is 10.1 Å². The van der Waals surface area contributed by atoms with E-state index in [9.17, 15) is 4.39 Å². The number of nitrogens with one attached hydrogen (secondary N) is 1. The third kappa shape index (κ3) is 1.93. The van der Waals surface area contributed by atoms with Crippen LogP contribution in [0.25, 0.3) is 0 Å². The minimum absolute atomic E-state index is 0.209. The smallest absolute Gasteiger partial charge is 0.125 e. The molecule has 1 N–H and O–H groups in total. The van der Waals surface area contributed by atoms with Gasteiger partial charge in [0.25, 0.3) is 0 Å². The van der Waals surface area contributed by atoms with Gasteiger partial charge in [-0.15, -0.1) is 0 Å². The third-order valence-corrected chi connectivity index (χ3v) is 2.09. The van der Waals surface area contributed by atoms with Crippen LogP contribution in [-0.4, -0.2) is 7.05 Å². The summed E-state index contributed by atoms with van der Waals surface area (Å²) in [5.74, 6) is -0.209. The van der Waals surface area contributed by atoms with Crippen molar-refractivity contribution in [3.05, 3.63) is 29.6 Å². The zero-order valence-electron chi connectivity index (χ0n) is 6.20. The van der Waals surface area contributed by atoms with E-state index < -0.39 is 0 Å². The van der Waals surface area contributed by atoms with Crippen molar-refractivity contribution in [3.63, 3.8) is 0 Å². The molecule has 1 rings (SSSR count). The van der Waals surface area contributed by atoms with Gasteiger partial charge in [-0.25, -0.2) is 4.39 Å². The van der Waals surface area contributed by atoms with Crippen molar-refractivity contribution in [2.45, 2.75) is 5.33 Å². The molecule has 60 valence electrons. The van der Waals surface area contributed by atoms with E-state index in [1.54, 1.807) is 13.1 Å². The molecule has 0 amide bonds. The van der Waals surface area contributed by atoms with Gasteiger partial charge in [-0.3, -0.25) is 0 Å². The predicted octanol–water partition coefficient (Wildman–Crippen LogP) is 2.76. The number of alkyl halides is 1. The van der Waals surface area contributed by atoms with Crippen molar-refractivity contribution in [3.8, 4) is 0 Å². The standard InChI is InChI=1S/C8H9BrFN/c1-11-8-4-7(10)3-2-6(8)5-9/h2-4,11H,5H2,1H3. The lowest BCUT2D eigenvalue weighted by atomic mass is 10.2. The molecule has 0 aliphatic heterocycles. The molecule has 0 spiro atoms. The lowest BCUT2D eigenvalue weighted by Gasteiger charge is -2.05. The van der Waals surface area contributed by atoms with Gasteiger partial charge in [0.2, 0.25) is 0 Å². The molecular weight excluding hydrogens is 209 g/mol. The van der Waals surface area contributed by atoms with Gasteiger partial charge in [0.15, 0.2) is 0 Å². The molecule has 1 nitrogen and oxygen atoms in total. The molecule has 0 unspecified atom stereocenters. The summed E-state index contributed by atoms with van der Waals surface area (Å²) in [5.41, 5.74) is 1.90. The molecule has 0 heterocycles. The first kappa shape index (κ1) is 8.53. The highest BCUT2D eigenvalue weighted by atomic mass is 79.9. The minimum atomic E-state index is -0.209. The van der Waals surface area contributed by atoms with Crippen molar-refractivity contribution in [2.75, 3.05) is 12.4 Å². The summed E-state index contributed by atoms with van der Waals surface area (Å²) in [6, 6.07) is 4.70. The normalized spacial score (nSPS) is 9.73. The van der Waals surface area contributed by atoms with E-state index in [-0.39, 0.29) is 5.82 Å². The Labute approximate surface area is 73.7 Å². The highest BCUT2D eigenvalue weighted by Crippen LogP contribution is 2.18. The maximum atomic E-state index is 12.6. The Bertz CT molecular complexity index is 250. The van der Waals surface area contributed by atoms with Gasteiger partial charge in [-0.05, 0) is 17.7 Å². The summed E-state index contributed by atoms with van der Waals surface area (Å²) in [7, 11) is 1.78. The van der Waals surface area contributed by atoms with Gasteiger partial charge >= 0.3 is 0 Å². The highest BCUT2D eigenvalue weighted by Gasteiger charge is 1.99. The first-order valence-corrected chi connectivity index (χ1v) is 4.42. The summed E-state index contributed by atoms with van der Waals surface area (Å²) in [4.78, 5) is 0. The molecule has 0 aromatic heterocycles. The van der Waals surface area contributed by atoms with E-state index in [1.165, 1.54) is 12.1 Å². The molecule has 0 saturated heterocycles. The number of halogens is 2. The average Bonchev–Trinajstić information content (AvgIpc) is 2.04. The van der Waals surface area contributed by atoms with Crippen molar-refractivity contribution < 1.29 is 4.39 Å². The van der Waals surface area contributed by atoms with Gasteiger partial charge < -0.3 is 5.32 Å².